The van der Waals surface area contributed by atoms with Gasteiger partial charge in [-0.1, -0.05) is 12.1 Å². The van der Waals surface area contributed by atoms with Crippen LogP contribution >= 0.6 is 0 Å². The van der Waals surface area contributed by atoms with Crippen molar-refractivity contribution >= 4 is 0 Å². The smallest absolute Gasteiger partial charge is 0.140 e. The summed E-state index contributed by atoms with van der Waals surface area (Å²) in [4.78, 5) is 3.90. The molecule has 0 atom stereocenters. The fraction of sp³-hybridized carbons (Fsp3) is 0.200. The Kier molecular flexibility index (Phi) is 4.49. The van der Waals surface area contributed by atoms with Crippen molar-refractivity contribution in [3.8, 4) is 11.8 Å². The van der Waals surface area contributed by atoms with Crippen molar-refractivity contribution in [3.63, 3.8) is 0 Å². The van der Waals surface area contributed by atoms with E-state index in [1.165, 1.54) is 0 Å². The number of pyridine rings is 1. The zero-order valence-corrected chi connectivity index (χ0v) is 10.4. The van der Waals surface area contributed by atoms with Crippen LogP contribution in [0.5, 0.6) is 5.75 Å². The van der Waals surface area contributed by atoms with Gasteiger partial charge in [0.15, 0.2) is 0 Å². The highest BCUT2D eigenvalue weighted by Crippen LogP contribution is 2.14. The van der Waals surface area contributed by atoms with Gasteiger partial charge >= 0.3 is 0 Å². The molecule has 0 saturated heterocycles. The lowest BCUT2D eigenvalue weighted by Crippen LogP contribution is -1.97. The van der Waals surface area contributed by atoms with E-state index in [0.717, 1.165) is 16.9 Å². The van der Waals surface area contributed by atoms with Crippen molar-refractivity contribution in [1.82, 2.24) is 4.98 Å². The Bertz CT molecular complexity index is 573. The molecular weight excluding hydrogens is 240 g/mol. The molecule has 0 saturated carbocycles. The van der Waals surface area contributed by atoms with E-state index in [4.69, 9.17) is 15.1 Å². The van der Waals surface area contributed by atoms with Crippen LogP contribution in [-0.2, 0) is 13.0 Å². The molecule has 1 aromatic heterocycles. The highest BCUT2D eigenvalue weighted by Gasteiger charge is 1.99. The second kappa shape index (κ2) is 6.53. The van der Waals surface area contributed by atoms with E-state index in [2.05, 4.69) is 4.98 Å². The molecule has 0 spiro atoms. The number of aliphatic hydroxyl groups excluding tert-OH is 1. The summed E-state index contributed by atoms with van der Waals surface area (Å²) in [7, 11) is 0. The van der Waals surface area contributed by atoms with Crippen molar-refractivity contribution in [2.75, 3.05) is 6.61 Å². The summed E-state index contributed by atoms with van der Waals surface area (Å²) < 4.78 is 5.62. The maximum atomic E-state index is 8.83. The van der Waals surface area contributed by atoms with Gasteiger partial charge < -0.3 is 9.84 Å². The minimum atomic E-state index is 0.147. The Morgan fingerprint density at radius 1 is 1.16 bits per heavy atom. The summed E-state index contributed by atoms with van der Waals surface area (Å²) in [6.45, 7) is 0.546. The van der Waals surface area contributed by atoms with Crippen molar-refractivity contribution in [3.05, 3.63) is 59.4 Å². The number of hydrogen-bond acceptors (Lipinski definition) is 4. The second-order valence-corrected chi connectivity index (χ2v) is 4.07. The molecule has 0 aliphatic rings. The Morgan fingerprint density at radius 2 is 1.95 bits per heavy atom. The molecule has 1 N–H and O–H groups in total. The number of rotatable bonds is 5. The van der Waals surface area contributed by atoms with Crippen LogP contribution < -0.4 is 4.74 Å². The van der Waals surface area contributed by atoms with Crippen LogP contribution in [0.3, 0.4) is 0 Å². The fourth-order valence-corrected chi connectivity index (χ4v) is 1.67. The van der Waals surface area contributed by atoms with Crippen molar-refractivity contribution in [2.24, 2.45) is 0 Å². The van der Waals surface area contributed by atoms with E-state index in [1.807, 2.05) is 36.4 Å². The van der Waals surface area contributed by atoms with Crippen LogP contribution in [0.25, 0.3) is 0 Å². The van der Waals surface area contributed by atoms with Gasteiger partial charge in [-0.15, -0.1) is 0 Å². The molecule has 0 amide bonds. The topological polar surface area (TPSA) is 66.1 Å². The number of hydrogen-bond donors (Lipinski definition) is 1. The van der Waals surface area contributed by atoms with Gasteiger partial charge in [0.05, 0.1) is 0 Å². The minimum Gasteiger partial charge on any atom is -0.489 e. The number of ether oxygens (including phenoxy) is 1. The molecule has 0 radical (unpaired) electrons. The van der Waals surface area contributed by atoms with Crippen LogP contribution in [0, 0.1) is 11.3 Å². The maximum Gasteiger partial charge on any atom is 0.140 e. The predicted octanol–water partition coefficient (Wildman–Crippen LogP) is 2.07. The average Bonchev–Trinajstić information content (AvgIpc) is 2.47. The molecule has 0 unspecified atom stereocenters. The van der Waals surface area contributed by atoms with Crippen LogP contribution in [0.1, 0.15) is 16.8 Å². The van der Waals surface area contributed by atoms with E-state index in [-0.39, 0.29) is 6.61 Å². The molecular formula is C15H14N2O2. The molecule has 2 rings (SSSR count). The lowest BCUT2D eigenvalue weighted by molar-refractivity contribution is 0.298. The highest BCUT2D eigenvalue weighted by molar-refractivity contribution is 5.29. The van der Waals surface area contributed by atoms with Crippen molar-refractivity contribution in [1.29, 1.82) is 5.26 Å². The molecule has 4 nitrogen and oxygen atoms in total. The summed E-state index contributed by atoms with van der Waals surface area (Å²) in [5, 5.41) is 17.6. The van der Waals surface area contributed by atoms with Gasteiger partial charge in [0.1, 0.15) is 24.1 Å². The summed E-state index contributed by atoms with van der Waals surface area (Å²) in [5.41, 5.74) is 2.37. The Hall–Kier alpha value is -2.38. The fourth-order valence-electron chi connectivity index (χ4n) is 1.67. The third-order valence-electron chi connectivity index (χ3n) is 2.67. The summed E-state index contributed by atoms with van der Waals surface area (Å²) >= 11 is 0. The number of aliphatic hydroxyl groups is 1. The largest absolute Gasteiger partial charge is 0.489 e. The second-order valence-electron chi connectivity index (χ2n) is 4.07. The Labute approximate surface area is 111 Å². The summed E-state index contributed by atoms with van der Waals surface area (Å²) in [5.74, 6) is 0.761. The zero-order valence-electron chi connectivity index (χ0n) is 10.4. The summed E-state index contributed by atoms with van der Waals surface area (Å²) in [6.07, 6.45) is 2.25. The van der Waals surface area contributed by atoms with E-state index >= 15 is 0 Å². The summed E-state index contributed by atoms with van der Waals surface area (Å²) in [6, 6.07) is 13.1. The van der Waals surface area contributed by atoms with Crippen LogP contribution in [-0.4, -0.2) is 16.7 Å². The molecule has 1 heterocycles. The van der Waals surface area contributed by atoms with E-state index in [9.17, 15) is 0 Å². The molecule has 0 aliphatic carbocycles. The number of aromatic nitrogens is 1. The first kappa shape index (κ1) is 13.1. The number of benzene rings is 1. The third kappa shape index (κ3) is 3.80. The molecule has 0 fully saturated rings. The number of nitrogens with zero attached hydrogens (tertiary/aromatic N) is 2. The third-order valence-corrected chi connectivity index (χ3v) is 2.67. The van der Waals surface area contributed by atoms with Gasteiger partial charge in [-0.3, -0.25) is 0 Å². The standard InChI is InChI=1S/C15H14N2O2/c16-10-14-9-13(5-7-17-14)11-19-15-3-1-12(2-4-15)6-8-18/h1-5,7,9,18H,6,8,11H2. The quantitative estimate of drug-likeness (QED) is 0.887. The molecule has 1 aromatic carbocycles. The Balaban J connectivity index is 1.96. The van der Waals surface area contributed by atoms with Gasteiger partial charge in [-0.25, -0.2) is 4.98 Å². The molecule has 4 heteroatoms. The van der Waals surface area contributed by atoms with Crippen LogP contribution in [0.15, 0.2) is 42.6 Å². The molecule has 96 valence electrons. The van der Waals surface area contributed by atoms with Crippen molar-refractivity contribution in [2.45, 2.75) is 13.0 Å². The van der Waals surface area contributed by atoms with Crippen LogP contribution in [0.4, 0.5) is 0 Å². The highest BCUT2D eigenvalue weighted by atomic mass is 16.5. The minimum absolute atomic E-state index is 0.147. The first-order valence-electron chi connectivity index (χ1n) is 5.99. The van der Waals surface area contributed by atoms with E-state index in [0.29, 0.717) is 18.7 Å². The first-order valence-corrected chi connectivity index (χ1v) is 5.99. The van der Waals surface area contributed by atoms with Gasteiger partial charge in [0.25, 0.3) is 0 Å². The first-order chi connectivity index (χ1) is 9.31. The molecule has 0 aliphatic heterocycles. The molecule has 2 aromatic rings. The lowest BCUT2D eigenvalue weighted by Gasteiger charge is -2.07. The maximum absolute atomic E-state index is 8.83. The predicted molar refractivity (Wildman–Crippen MR) is 70.5 cm³/mol. The SMILES string of the molecule is N#Cc1cc(COc2ccc(CCO)cc2)ccn1. The monoisotopic (exact) mass is 254 g/mol. The Morgan fingerprint density at radius 3 is 2.63 bits per heavy atom. The molecule has 0 bridgehead atoms. The van der Waals surface area contributed by atoms with Gasteiger partial charge in [-0.05, 0) is 41.8 Å². The van der Waals surface area contributed by atoms with Gasteiger partial charge in [0, 0.05) is 12.8 Å². The zero-order chi connectivity index (χ0) is 13.5. The van der Waals surface area contributed by atoms with Crippen LogP contribution in [0.2, 0.25) is 0 Å². The van der Waals surface area contributed by atoms with Crippen molar-refractivity contribution < 1.29 is 9.84 Å². The van der Waals surface area contributed by atoms with Gasteiger partial charge in [0.2, 0.25) is 0 Å². The van der Waals surface area contributed by atoms with E-state index < -0.39 is 0 Å². The number of nitriles is 1. The lowest BCUT2D eigenvalue weighted by atomic mass is 10.1. The van der Waals surface area contributed by atoms with Gasteiger partial charge in [-0.2, -0.15) is 5.26 Å². The average molecular weight is 254 g/mol. The molecule has 19 heavy (non-hydrogen) atoms. The van der Waals surface area contributed by atoms with E-state index in [1.54, 1.807) is 12.3 Å². The normalized spacial score (nSPS) is 9.89.